The first-order valence-electron chi connectivity index (χ1n) is 7.83. The van der Waals surface area contributed by atoms with Crippen LogP contribution in [0.3, 0.4) is 0 Å². The molecule has 0 saturated heterocycles. The SMILES string of the molecule is Clc1ccc(C2Oc3ccc([AsH2])cc3N2Cc2ccccc2)cc1. The number of halogens is 1. The van der Waals surface area contributed by atoms with Crippen molar-refractivity contribution < 1.29 is 4.74 Å². The number of ether oxygens (including phenoxy) is 1. The number of hydrogen-bond donors (Lipinski definition) is 0. The van der Waals surface area contributed by atoms with Gasteiger partial charge in [0.25, 0.3) is 0 Å². The van der Waals surface area contributed by atoms with Crippen LogP contribution in [0.1, 0.15) is 17.4 Å². The fraction of sp³-hybridized carbons (Fsp3) is 0.100. The monoisotopic (exact) mass is 397 g/mol. The van der Waals surface area contributed by atoms with E-state index in [0.717, 1.165) is 28.6 Å². The Hall–Kier alpha value is -1.89. The number of benzene rings is 3. The molecule has 3 aromatic carbocycles. The van der Waals surface area contributed by atoms with Crippen molar-refractivity contribution in [2.75, 3.05) is 4.90 Å². The van der Waals surface area contributed by atoms with Gasteiger partial charge in [0.2, 0.25) is 0 Å². The summed E-state index contributed by atoms with van der Waals surface area (Å²) in [6, 6.07) is 24.8. The molecule has 0 saturated carbocycles. The quantitative estimate of drug-likeness (QED) is 0.625. The second-order valence-corrected chi connectivity index (χ2v) is 7.70. The molecule has 120 valence electrons. The van der Waals surface area contributed by atoms with Crippen LogP contribution in [0.2, 0.25) is 5.02 Å². The van der Waals surface area contributed by atoms with Crippen LogP contribution in [0.25, 0.3) is 0 Å². The van der Waals surface area contributed by atoms with Gasteiger partial charge in [-0.1, -0.05) is 0 Å². The molecule has 4 heteroatoms. The summed E-state index contributed by atoms with van der Waals surface area (Å²) in [5.41, 5.74) is 3.52. The zero-order chi connectivity index (χ0) is 16.5. The van der Waals surface area contributed by atoms with Crippen LogP contribution in [0.15, 0.2) is 72.8 Å². The van der Waals surface area contributed by atoms with E-state index in [9.17, 15) is 0 Å². The molecule has 0 fully saturated rings. The molecule has 0 radical (unpaired) electrons. The van der Waals surface area contributed by atoms with Crippen LogP contribution in [0, 0.1) is 0 Å². The Bertz CT molecular complexity index is 851. The van der Waals surface area contributed by atoms with Crippen molar-refractivity contribution in [3.8, 4) is 5.75 Å². The van der Waals surface area contributed by atoms with Crippen LogP contribution < -0.4 is 14.0 Å². The van der Waals surface area contributed by atoms with Crippen LogP contribution >= 0.6 is 11.6 Å². The van der Waals surface area contributed by atoms with E-state index in [1.807, 2.05) is 30.3 Å². The third kappa shape index (κ3) is 3.04. The van der Waals surface area contributed by atoms with E-state index < -0.39 is 0 Å². The van der Waals surface area contributed by atoms with Crippen molar-refractivity contribution in [2.24, 2.45) is 0 Å². The van der Waals surface area contributed by atoms with Gasteiger partial charge in [-0.3, -0.25) is 0 Å². The Morgan fingerprint density at radius 1 is 0.958 bits per heavy atom. The summed E-state index contributed by atoms with van der Waals surface area (Å²) < 4.78 is 7.55. The van der Waals surface area contributed by atoms with E-state index in [1.54, 1.807) is 16.9 Å². The van der Waals surface area contributed by atoms with Crippen LogP contribution in [0.5, 0.6) is 5.75 Å². The number of nitrogens with zero attached hydrogens (tertiary/aromatic N) is 1. The predicted octanol–water partition coefficient (Wildman–Crippen LogP) is 3.70. The Labute approximate surface area is 155 Å². The van der Waals surface area contributed by atoms with Crippen molar-refractivity contribution in [2.45, 2.75) is 12.8 Å². The van der Waals surface area contributed by atoms with E-state index in [4.69, 9.17) is 16.3 Å². The van der Waals surface area contributed by atoms with Crippen LogP contribution in [-0.2, 0) is 6.54 Å². The van der Waals surface area contributed by atoms with E-state index in [-0.39, 0.29) is 6.23 Å². The molecule has 0 N–H and O–H groups in total. The van der Waals surface area contributed by atoms with Crippen molar-refractivity contribution >= 4 is 38.5 Å². The first-order chi connectivity index (χ1) is 11.7. The number of hydrogen-bond acceptors (Lipinski definition) is 2. The van der Waals surface area contributed by atoms with E-state index in [2.05, 4.69) is 47.4 Å². The van der Waals surface area contributed by atoms with Gasteiger partial charge in [0, 0.05) is 0 Å². The summed E-state index contributed by atoms with van der Waals surface area (Å²) in [6.07, 6.45) is -0.133. The Morgan fingerprint density at radius 3 is 2.46 bits per heavy atom. The van der Waals surface area contributed by atoms with Gasteiger partial charge < -0.3 is 0 Å². The van der Waals surface area contributed by atoms with Crippen LogP contribution in [0.4, 0.5) is 5.69 Å². The van der Waals surface area contributed by atoms with E-state index in [1.165, 1.54) is 9.91 Å². The average Bonchev–Trinajstić information content (AvgIpc) is 2.94. The molecule has 1 aliphatic rings. The van der Waals surface area contributed by atoms with Gasteiger partial charge in [0.05, 0.1) is 0 Å². The van der Waals surface area contributed by atoms with Gasteiger partial charge in [-0.25, -0.2) is 0 Å². The fourth-order valence-corrected chi connectivity index (χ4v) is 3.65. The van der Waals surface area contributed by atoms with Crippen molar-refractivity contribution in [3.05, 3.63) is 88.9 Å². The van der Waals surface area contributed by atoms with Gasteiger partial charge in [0.15, 0.2) is 0 Å². The minimum atomic E-state index is -0.133. The topological polar surface area (TPSA) is 12.5 Å². The van der Waals surface area contributed by atoms with Crippen molar-refractivity contribution in [3.63, 3.8) is 0 Å². The molecule has 0 aromatic heterocycles. The van der Waals surface area contributed by atoms with Gasteiger partial charge in [-0.05, 0) is 0 Å². The zero-order valence-electron chi connectivity index (χ0n) is 13.0. The van der Waals surface area contributed by atoms with Gasteiger partial charge in [-0.2, -0.15) is 0 Å². The number of anilines is 1. The Balaban J connectivity index is 1.74. The molecule has 0 bridgehead atoms. The van der Waals surface area contributed by atoms with E-state index in [0.29, 0.717) is 0 Å². The maximum atomic E-state index is 6.26. The second-order valence-electron chi connectivity index (χ2n) is 5.86. The summed E-state index contributed by atoms with van der Waals surface area (Å²) in [4.78, 5) is 2.32. The molecule has 0 amide bonds. The average molecular weight is 398 g/mol. The zero-order valence-corrected chi connectivity index (χ0v) is 16.2. The molecule has 1 heterocycles. The molecule has 0 aliphatic carbocycles. The maximum absolute atomic E-state index is 6.26. The molecule has 0 spiro atoms. The summed E-state index contributed by atoms with van der Waals surface area (Å²) in [5.74, 6) is 0.937. The molecular formula is C20H17AsClNO. The molecule has 2 unspecified atom stereocenters. The normalized spacial score (nSPS) is 15.9. The summed E-state index contributed by atoms with van der Waals surface area (Å²) in [5, 5.41) is 0.738. The van der Waals surface area contributed by atoms with Gasteiger partial charge in [0.1, 0.15) is 0 Å². The third-order valence-electron chi connectivity index (χ3n) is 4.17. The Morgan fingerprint density at radius 2 is 1.71 bits per heavy atom. The standard InChI is InChI=1S/C20H17AsClNO/c21-16-8-11-19-18(12-16)23(13-14-4-2-1-3-5-14)20(24-19)15-6-9-17(22)10-7-15/h1-12,20H,13,21H2. The number of fused-ring (bicyclic) bond motifs is 1. The molecule has 1 aliphatic heterocycles. The summed E-state index contributed by atoms with van der Waals surface area (Å²) >= 11 is 7.66. The van der Waals surface area contributed by atoms with Crippen molar-refractivity contribution in [1.29, 1.82) is 0 Å². The third-order valence-corrected chi connectivity index (χ3v) is 5.17. The Kier molecular flexibility index (Phi) is 4.26. The van der Waals surface area contributed by atoms with Gasteiger partial charge in [-0.15, -0.1) is 0 Å². The molecule has 24 heavy (non-hydrogen) atoms. The molecule has 3 aromatic rings. The van der Waals surface area contributed by atoms with E-state index >= 15 is 0 Å². The van der Waals surface area contributed by atoms with Crippen molar-refractivity contribution in [1.82, 2.24) is 0 Å². The summed E-state index contributed by atoms with van der Waals surface area (Å²) in [6.45, 7) is 0.803. The molecule has 4 rings (SSSR count). The number of rotatable bonds is 3. The second kappa shape index (κ2) is 6.55. The molecule has 2 nitrogen and oxygen atoms in total. The first kappa shape index (κ1) is 15.6. The fourth-order valence-electron chi connectivity index (χ4n) is 2.99. The van der Waals surface area contributed by atoms with Crippen LogP contribution in [-0.4, -0.2) is 16.9 Å². The molecule has 2 atom stereocenters. The van der Waals surface area contributed by atoms with Gasteiger partial charge >= 0.3 is 156 Å². The first-order valence-corrected chi connectivity index (χ1v) is 9.42. The minimum absolute atomic E-state index is 0.133. The summed E-state index contributed by atoms with van der Waals surface area (Å²) in [7, 11) is 0. The predicted molar refractivity (Wildman–Crippen MR) is 102 cm³/mol. The molecular weight excluding hydrogens is 381 g/mol.